The Kier molecular flexibility index (Phi) is 6.58. The molecule has 1 aliphatic heterocycles. The number of halogens is 2. The zero-order valence-electron chi connectivity index (χ0n) is 18.2. The third-order valence-corrected chi connectivity index (χ3v) is 5.92. The Morgan fingerprint density at radius 1 is 0.912 bits per heavy atom. The minimum absolute atomic E-state index is 0.0891. The van der Waals surface area contributed by atoms with Crippen LogP contribution in [0.5, 0.6) is 5.75 Å². The number of amides is 3. The van der Waals surface area contributed by atoms with E-state index < -0.39 is 11.8 Å². The number of rotatable bonds is 6. The minimum atomic E-state index is -0.666. The van der Waals surface area contributed by atoms with Gasteiger partial charge < -0.3 is 15.4 Å². The third-order valence-electron chi connectivity index (χ3n) is 5.16. The lowest BCUT2D eigenvalue weighted by atomic mass is 10.1. The summed E-state index contributed by atoms with van der Waals surface area (Å²) in [6.45, 7) is 1.81. The molecule has 1 aliphatic rings. The highest BCUT2D eigenvalue weighted by atomic mass is 35.5. The fraction of sp³-hybridized carbons (Fsp3) is 0.0800. The Bertz CT molecular complexity index is 1350. The SMILES string of the molecule is COc1cccc(NC(=O)c2cccc(NC3=C(Cl)C(=O)N(c4ccc(C)c(Cl)c4)C3=O)c2)c1. The predicted octanol–water partition coefficient (Wildman–Crippen LogP) is 5.35. The van der Waals surface area contributed by atoms with Crippen LogP contribution in [0.2, 0.25) is 5.02 Å². The lowest BCUT2D eigenvalue weighted by Crippen LogP contribution is -2.32. The van der Waals surface area contributed by atoms with E-state index in [1.165, 1.54) is 6.07 Å². The Morgan fingerprint density at radius 2 is 1.65 bits per heavy atom. The highest BCUT2D eigenvalue weighted by Gasteiger charge is 2.39. The molecule has 0 saturated heterocycles. The molecule has 7 nitrogen and oxygen atoms in total. The molecule has 0 aliphatic carbocycles. The Morgan fingerprint density at radius 3 is 2.38 bits per heavy atom. The number of carbonyl (C=O) groups excluding carboxylic acids is 3. The summed E-state index contributed by atoms with van der Waals surface area (Å²) >= 11 is 12.4. The van der Waals surface area contributed by atoms with Gasteiger partial charge in [-0.25, -0.2) is 4.90 Å². The number of hydrogen-bond donors (Lipinski definition) is 2. The first-order valence-electron chi connectivity index (χ1n) is 10.2. The number of imide groups is 1. The summed E-state index contributed by atoms with van der Waals surface area (Å²) in [5.74, 6) is -1.04. The molecule has 0 fully saturated rings. The summed E-state index contributed by atoms with van der Waals surface area (Å²) in [6, 6.07) is 18.3. The van der Waals surface area contributed by atoms with E-state index in [1.807, 2.05) is 6.92 Å². The molecule has 0 bridgehead atoms. The van der Waals surface area contributed by atoms with Crippen molar-refractivity contribution in [3.05, 3.63) is 93.6 Å². The number of nitrogens with zero attached hydrogens (tertiary/aromatic N) is 1. The summed E-state index contributed by atoms with van der Waals surface area (Å²) in [4.78, 5) is 39.4. The van der Waals surface area contributed by atoms with Crippen LogP contribution in [0.25, 0.3) is 0 Å². The molecule has 1 heterocycles. The van der Waals surface area contributed by atoms with Gasteiger partial charge in [0.1, 0.15) is 16.5 Å². The lowest BCUT2D eigenvalue weighted by molar-refractivity contribution is -0.120. The van der Waals surface area contributed by atoms with E-state index >= 15 is 0 Å². The molecule has 3 amide bonds. The maximum atomic E-state index is 13.0. The monoisotopic (exact) mass is 495 g/mol. The molecule has 0 spiro atoms. The fourth-order valence-corrected chi connectivity index (χ4v) is 3.74. The summed E-state index contributed by atoms with van der Waals surface area (Å²) in [5.41, 5.74) is 2.35. The van der Waals surface area contributed by atoms with Crippen molar-refractivity contribution in [1.29, 1.82) is 0 Å². The van der Waals surface area contributed by atoms with Crippen molar-refractivity contribution in [2.75, 3.05) is 22.6 Å². The number of anilines is 3. The molecule has 2 N–H and O–H groups in total. The van der Waals surface area contributed by atoms with E-state index in [9.17, 15) is 14.4 Å². The van der Waals surface area contributed by atoms with Gasteiger partial charge in [-0.15, -0.1) is 0 Å². The van der Waals surface area contributed by atoms with Crippen LogP contribution in [0.4, 0.5) is 17.1 Å². The van der Waals surface area contributed by atoms with Crippen molar-refractivity contribution in [2.45, 2.75) is 6.92 Å². The molecule has 0 saturated carbocycles. The number of nitrogens with one attached hydrogen (secondary N) is 2. The van der Waals surface area contributed by atoms with Gasteiger partial charge in [0.25, 0.3) is 17.7 Å². The zero-order valence-corrected chi connectivity index (χ0v) is 19.7. The van der Waals surface area contributed by atoms with Gasteiger partial charge in [-0.05, 0) is 55.0 Å². The predicted molar refractivity (Wildman–Crippen MR) is 133 cm³/mol. The van der Waals surface area contributed by atoms with Crippen LogP contribution in [-0.2, 0) is 9.59 Å². The minimum Gasteiger partial charge on any atom is -0.497 e. The highest BCUT2D eigenvalue weighted by Crippen LogP contribution is 2.32. The summed E-state index contributed by atoms with van der Waals surface area (Å²) < 4.78 is 5.17. The van der Waals surface area contributed by atoms with Gasteiger partial charge in [0.2, 0.25) is 0 Å². The molecule has 9 heteroatoms. The van der Waals surface area contributed by atoms with E-state index in [4.69, 9.17) is 27.9 Å². The van der Waals surface area contributed by atoms with E-state index in [2.05, 4.69) is 10.6 Å². The molecule has 3 aromatic carbocycles. The maximum Gasteiger partial charge on any atom is 0.283 e. The number of hydrogen-bond acceptors (Lipinski definition) is 5. The molecule has 0 radical (unpaired) electrons. The Balaban J connectivity index is 1.54. The molecular weight excluding hydrogens is 477 g/mol. The van der Waals surface area contributed by atoms with Gasteiger partial charge >= 0.3 is 0 Å². The molecule has 172 valence electrons. The third kappa shape index (κ3) is 4.62. The Labute approximate surface area is 205 Å². The normalized spacial score (nSPS) is 13.4. The second-order valence-electron chi connectivity index (χ2n) is 7.46. The van der Waals surface area contributed by atoms with E-state index in [-0.39, 0.29) is 16.6 Å². The summed E-state index contributed by atoms with van der Waals surface area (Å²) in [5, 5.41) is 5.83. The lowest BCUT2D eigenvalue weighted by Gasteiger charge is -2.16. The maximum absolute atomic E-state index is 13.0. The molecule has 0 atom stereocenters. The van der Waals surface area contributed by atoms with Gasteiger partial charge in [0.15, 0.2) is 0 Å². The number of carbonyl (C=O) groups is 3. The fourth-order valence-electron chi connectivity index (χ4n) is 3.35. The van der Waals surface area contributed by atoms with Crippen molar-refractivity contribution in [1.82, 2.24) is 0 Å². The van der Waals surface area contributed by atoms with Crippen molar-refractivity contribution in [3.8, 4) is 5.75 Å². The number of aryl methyl sites for hydroxylation is 1. The second kappa shape index (κ2) is 9.59. The van der Waals surface area contributed by atoms with Gasteiger partial charge in [0.05, 0.1) is 12.8 Å². The van der Waals surface area contributed by atoms with Crippen LogP contribution in [-0.4, -0.2) is 24.8 Å². The van der Waals surface area contributed by atoms with Crippen LogP contribution in [0.1, 0.15) is 15.9 Å². The average Bonchev–Trinajstić information content (AvgIpc) is 3.04. The van der Waals surface area contributed by atoms with Crippen molar-refractivity contribution < 1.29 is 19.1 Å². The van der Waals surface area contributed by atoms with E-state index in [0.717, 1.165) is 10.5 Å². The van der Waals surface area contributed by atoms with Gasteiger partial charge in [-0.3, -0.25) is 14.4 Å². The smallest absolute Gasteiger partial charge is 0.283 e. The van der Waals surface area contributed by atoms with E-state index in [1.54, 1.807) is 67.8 Å². The van der Waals surface area contributed by atoms with Crippen molar-refractivity contribution in [3.63, 3.8) is 0 Å². The van der Waals surface area contributed by atoms with Crippen molar-refractivity contribution in [2.24, 2.45) is 0 Å². The number of methoxy groups -OCH3 is 1. The first kappa shape index (κ1) is 23.4. The molecule has 34 heavy (non-hydrogen) atoms. The van der Waals surface area contributed by atoms with E-state index in [0.29, 0.717) is 33.4 Å². The highest BCUT2D eigenvalue weighted by molar-refractivity contribution is 6.53. The molecule has 0 aromatic heterocycles. The second-order valence-corrected chi connectivity index (χ2v) is 8.25. The first-order valence-corrected chi connectivity index (χ1v) is 10.9. The molecule has 3 aromatic rings. The summed E-state index contributed by atoms with van der Waals surface area (Å²) in [6.07, 6.45) is 0. The molecule has 4 rings (SSSR count). The average molecular weight is 496 g/mol. The first-order chi connectivity index (χ1) is 16.3. The topological polar surface area (TPSA) is 87.7 Å². The van der Waals surface area contributed by atoms with Crippen molar-refractivity contribution >= 4 is 58.0 Å². The zero-order chi connectivity index (χ0) is 24.4. The van der Waals surface area contributed by atoms with Gasteiger partial charge in [-0.2, -0.15) is 0 Å². The molecular formula is C25H19Cl2N3O4. The largest absolute Gasteiger partial charge is 0.497 e. The number of benzene rings is 3. The quantitative estimate of drug-likeness (QED) is 0.450. The van der Waals surface area contributed by atoms with Crippen LogP contribution < -0.4 is 20.3 Å². The van der Waals surface area contributed by atoms with Crippen LogP contribution in [0, 0.1) is 6.92 Å². The van der Waals surface area contributed by atoms with Crippen LogP contribution >= 0.6 is 23.2 Å². The van der Waals surface area contributed by atoms with Crippen LogP contribution in [0.15, 0.2) is 77.5 Å². The molecule has 0 unspecified atom stereocenters. The van der Waals surface area contributed by atoms with Crippen LogP contribution in [0.3, 0.4) is 0 Å². The van der Waals surface area contributed by atoms with Gasteiger partial charge in [-0.1, -0.05) is 41.4 Å². The number of ether oxygens (including phenoxy) is 1. The standard InChI is InChI=1S/C25H19Cl2N3O4/c1-14-9-10-18(13-20(14)26)30-24(32)21(27)22(25(30)33)28-16-6-3-5-15(11-16)23(31)29-17-7-4-8-19(12-17)34-2/h3-13,28H,1-2H3,(H,29,31). The Hall–Kier alpha value is -3.81. The summed E-state index contributed by atoms with van der Waals surface area (Å²) in [7, 11) is 1.54. The van der Waals surface area contributed by atoms with Gasteiger partial charge in [0, 0.05) is 28.0 Å².